The molecule has 0 saturated heterocycles. The summed E-state index contributed by atoms with van der Waals surface area (Å²) >= 11 is 1.32. The number of aliphatic hydroxyl groups excluding tert-OH is 1. The van der Waals surface area contributed by atoms with Crippen LogP contribution in [0, 0.1) is 25.2 Å². The van der Waals surface area contributed by atoms with Crippen molar-refractivity contribution in [2.75, 3.05) is 23.4 Å². The summed E-state index contributed by atoms with van der Waals surface area (Å²) in [6, 6.07) is 2.00. The van der Waals surface area contributed by atoms with Crippen LogP contribution in [0.2, 0.25) is 0 Å². The molecule has 0 saturated carbocycles. The molecular weight excluding hydrogens is 240 g/mol. The minimum Gasteiger partial charge on any atom is -0.444 e. The summed E-state index contributed by atoms with van der Waals surface area (Å²) in [6.07, 6.45) is 0. The maximum atomic E-state index is 11.5. The van der Waals surface area contributed by atoms with Gasteiger partial charge in [0.1, 0.15) is 17.4 Å². The molecule has 5 nitrogen and oxygen atoms in total. The number of carbonyl (C=O) groups is 1. The average molecular weight is 254 g/mol. The first-order chi connectivity index (χ1) is 8.10. The number of hydrogen-bond donors (Lipinski definition) is 2. The molecule has 0 aliphatic rings. The smallest absolute Gasteiger partial charge is 0.236 e. The Morgan fingerprint density at radius 1 is 1.59 bits per heavy atom. The van der Waals surface area contributed by atoms with Crippen molar-refractivity contribution >= 4 is 23.6 Å². The molecule has 92 valence electrons. The molecule has 2 N–H and O–H groups in total. The predicted octanol–water partition coefficient (Wildman–Crippen LogP) is 1.43. The molecule has 0 bridgehead atoms. The number of nitrogens with zero attached hydrogens (tertiary/aromatic N) is 1. The van der Waals surface area contributed by atoms with Crippen LogP contribution in [0.25, 0.3) is 0 Å². The minimum atomic E-state index is -0.242. The van der Waals surface area contributed by atoms with Crippen LogP contribution in [0.3, 0.4) is 0 Å². The molecule has 1 aromatic heterocycles. The van der Waals surface area contributed by atoms with E-state index >= 15 is 0 Å². The van der Waals surface area contributed by atoms with Gasteiger partial charge >= 0.3 is 0 Å². The largest absolute Gasteiger partial charge is 0.444 e. The zero-order chi connectivity index (χ0) is 12.8. The van der Waals surface area contributed by atoms with Gasteiger partial charge in [-0.3, -0.25) is 10.1 Å². The van der Waals surface area contributed by atoms with Crippen molar-refractivity contribution in [2.45, 2.75) is 13.8 Å². The van der Waals surface area contributed by atoms with E-state index < -0.39 is 0 Å². The first kappa shape index (κ1) is 13.6. The molecule has 1 rings (SSSR count). The highest BCUT2D eigenvalue weighted by atomic mass is 32.2. The molecule has 0 unspecified atom stereocenters. The monoisotopic (exact) mass is 254 g/mol. The van der Waals surface area contributed by atoms with Gasteiger partial charge in [0, 0.05) is 11.3 Å². The Morgan fingerprint density at radius 2 is 2.29 bits per heavy atom. The normalized spacial score (nSPS) is 10.0. The van der Waals surface area contributed by atoms with E-state index in [9.17, 15) is 4.79 Å². The topological polar surface area (TPSA) is 86.3 Å². The second kappa shape index (κ2) is 6.33. The Labute approximate surface area is 104 Å². The lowest BCUT2D eigenvalue weighted by Gasteiger charge is -2.01. The van der Waals surface area contributed by atoms with Crippen LogP contribution >= 0.6 is 11.8 Å². The van der Waals surface area contributed by atoms with Crippen LogP contribution in [0.1, 0.15) is 16.9 Å². The van der Waals surface area contributed by atoms with E-state index in [-0.39, 0.29) is 24.2 Å². The Balaban J connectivity index is 2.66. The zero-order valence-electron chi connectivity index (χ0n) is 9.74. The summed E-state index contributed by atoms with van der Waals surface area (Å²) in [6.45, 7) is 3.56. The molecule has 0 aliphatic carbocycles. The summed E-state index contributed by atoms with van der Waals surface area (Å²) in [7, 11) is 0. The van der Waals surface area contributed by atoms with Gasteiger partial charge in [0.2, 0.25) is 11.8 Å². The van der Waals surface area contributed by atoms with Gasteiger partial charge in [-0.25, -0.2) is 0 Å². The van der Waals surface area contributed by atoms with Crippen molar-refractivity contribution < 1.29 is 14.3 Å². The van der Waals surface area contributed by atoms with E-state index in [1.807, 2.05) is 6.07 Å². The van der Waals surface area contributed by atoms with Crippen molar-refractivity contribution in [3.8, 4) is 6.07 Å². The number of aryl methyl sites for hydroxylation is 1. The Bertz CT molecular complexity index is 448. The maximum absolute atomic E-state index is 11.5. The number of rotatable bonds is 5. The van der Waals surface area contributed by atoms with Gasteiger partial charge in [0.05, 0.1) is 12.4 Å². The standard InChI is InChI=1S/C11H14N2O3S/c1-7-8(2)16-11(9(7)5-12)13-10(15)6-17-4-3-14/h14H,3-4,6H2,1-2H3,(H,13,15). The third-order valence-electron chi connectivity index (χ3n) is 2.22. The second-order valence-corrected chi connectivity index (χ2v) is 4.53. The van der Waals surface area contributed by atoms with E-state index in [1.165, 1.54) is 11.8 Å². The number of nitriles is 1. The molecule has 6 heteroatoms. The highest BCUT2D eigenvalue weighted by Gasteiger charge is 2.16. The molecule has 1 heterocycles. The molecule has 1 amide bonds. The fourth-order valence-electron chi connectivity index (χ4n) is 1.24. The van der Waals surface area contributed by atoms with Crippen molar-refractivity contribution in [3.63, 3.8) is 0 Å². The number of thioether (sulfide) groups is 1. The third kappa shape index (κ3) is 3.51. The molecule has 1 aromatic rings. The van der Waals surface area contributed by atoms with Crippen LogP contribution in [-0.4, -0.2) is 29.1 Å². The van der Waals surface area contributed by atoms with Crippen LogP contribution in [0.15, 0.2) is 4.42 Å². The van der Waals surface area contributed by atoms with Gasteiger partial charge in [-0.1, -0.05) is 0 Å². The van der Waals surface area contributed by atoms with E-state index in [1.54, 1.807) is 13.8 Å². The van der Waals surface area contributed by atoms with Crippen LogP contribution < -0.4 is 5.32 Å². The van der Waals surface area contributed by atoms with Gasteiger partial charge < -0.3 is 9.52 Å². The number of carbonyl (C=O) groups excluding carboxylic acids is 1. The summed E-state index contributed by atoms with van der Waals surface area (Å²) in [5.41, 5.74) is 1.11. The van der Waals surface area contributed by atoms with Crippen molar-refractivity contribution in [3.05, 3.63) is 16.9 Å². The molecule has 0 atom stereocenters. The minimum absolute atomic E-state index is 0.0420. The number of furan rings is 1. The lowest BCUT2D eigenvalue weighted by molar-refractivity contribution is -0.113. The summed E-state index contributed by atoms with van der Waals surface area (Å²) in [5, 5.41) is 20.1. The van der Waals surface area contributed by atoms with E-state index in [2.05, 4.69) is 5.32 Å². The highest BCUT2D eigenvalue weighted by molar-refractivity contribution is 7.99. The maximum Gasteiger partial charge on any atom is 0.236 e. The van der Waals surface area contributed by atoms with Crippen molar-refractivity contribution in [2.24, 2.45) is 0 Å². The number of amides is 1. The average Bonchev–Trinajstić information content (AvgIpc) is 2.54. The van der Waals surface area contributed by atoms with Gasteiger partial charge in [-0.15, -0.1) is 11.8 Å². The molecule has 0 fully saturated rings. The highest BCUT2D eigenvalue weighted by Crippen LogP contribution is 2.25. The molecule has 0 aliphatic heterocycles. The van der Waals surface area contributed by atoms with Gasteiger partial charge in [-0.05, 0) is 13.8 Å². The number of nitrogens with one attached hydrogen (secondary N) is 1. The van der Waals surface area contributed by atoms with Gasteiger partial charge in [-0.2, -0.15) is 5.26 Å². The number of aliphatic hydroxyl groups is 1. The summed E-state index contributed by atoms with van der Waals surface area (Å²) in [5.74, 6) is 1.32. The van der Waals surface area contributed by atoms with Crippen LogP contribution in [0.5, 0.6) is 0 Å². The zero-order valence-corrected chi connectivity index (χ0v) is 10.6. The first-order valence-electron chi connectivity index (χ1n) is 5.08. The van der Waals surface area contributed by atoms with E-state index in [4.69, 9.17) is 14.8 Å². The van der Waals surface area contributed by atoms with Gasteiger partial charge in [0.15, 0.2) is 0 Å². The summed E-state index contributed by atoms with van der Waals surface area (Å²) in [4.78, 5) is 11.5. The van der Waals surface area contributed by atoms with Crippen LogP contribution in [-0.2, 0) is 4.79 Å². The number of hydrogen-bond acceptors (Lipinski definition) is 5. The molecule has 0 spiro atoms. The predicted molar refractivity (Wildman–Crippen MR) is 65.9 cm³/mol. The fraction of sp³-hybridized carbons (Fsp3) is 0.455. The van der Waals surface area contributed by atoms with Crippen molar-refractivity contribution in [1.29, 1.82) is 5.26 Å². The van der Waals surface area contributed by atoms with Gasteiger partial charge in [0.25, 0.3) is 0 Å². The van der Waals surface area contributed by atoms with E-state index in [0.717, 1.165) is 5.56 Å². The first-order valence-corrected chi connectivity index (χ1v) is 6.24. The SMILES string of the molecule is Cc1oc(NC(=O)CSCCO)c(C#N)c1C. The Morgan fingerprint density at radius 3 is 2.88 bits per heavy atom. The second-order valence-electron chi connectivity index (χ2n) is 3.42. The lowest BCUT2D eigenvalue weighted by atomic mass is 10.2. The molecule has 17 heavy (non-hydrogen) atoms. The quantitative estimate of drug-likeness (QED) is 0.776. The molecule has 0 radical (unpaired) electrons. The lowest BCUT2D eigenvalue weighted by Crippen LogP contribution is -2.15. The third-order valence-corrected chi connectivity index (χ3v) is 3.16. The Kier molecular flexibility index (Phi) is 5.07. The van der Waals surface area contributed by atoms with Crippen LogP contribution in [0.4, 0.5) is 5.88 Å². The summed E-state index contributed by atoms with van der Waals surface area (Å²) < 4.78 is 5.30. The molecular formula is C11H14N2O3S. The number of anilines is 1. The molecule has 0 aromatic carbocycles. The van der Waals surface area contributed by atoms with E-state index in [0.29, 0.717) is 17.1 Å². The van der Waals surface area contributed by atoms with Crippen molar-refractivity contribution in [1.82, 2.24) is 0 Å². The Hall–Kier alpha value is -1.45. The fourth-order valence-corrected chi connectivity index (χ4v) is 1.77.